The molecule has 4 saturated carbocycles. The molecule has 7 heteroatoms. The number of rotatable bonds is 12. The predicted octanol–water partition coefficient (Wildman–Crippen LogP) is 6.10. The molecule has 4 aliphatic carbocycles. The molecular weight excluding hydrogens is 524 g/mol. The summed E-state index contributed by atoms with van der Waals surface area (Å²) < 4.78 is 7.58. The highest BCUT2D eigenvalue weighted by molar-refractivity contribution is 5.74. The zero-order valence-corrected chi connectivity index (χ0v) is 25.9. The third kappa shape index (κ3) is 8.71. The SMILES string of the molecule is CC(C)(C)OC(=O)NCCN(CCC12CC3CC(CC(C3)C1)C2)C(=O)NCCCc1cc[n+](Cc2ccccc2)cc1. The summed E-state index contributed by atoms with van der Waals surface area (Å²) in [6.07, 6.45) is 15.0. The van der Waals surface area contributed by atoms with Crippen LogP contribution in [0.3, 0.4) is 0 Å². The fourth-order valence-electron chi connectivity index (χ4n) is 8.04. The highest BCUT2D eigenvalue weighted by Gasteiger charge is 2.50. The van der Waals surface area contributed by atoms with Crippen LogP contribution in [0, 0.1) is 23.2 Å². The summed E-state index contributed by atoms with van der Waals surface area (Å²) in [5.74, 6) is 2.70. The maximum absolute atomic E-state index is 13.4. The van der Waals surface area contributed by atoms with Crippen LogP contribution >= 0.6 is 0 Å². The quantitative estimate of drug-likeness (QED) is 0.237. The second kappa shape index (κ2) is 13.5. The molecule has 4 bridgehead atoms. The van der Waals surface area contributed by atoms with E-state index in [-0.39, 0.29) is 6.03 Å². The lowest BCUT2D eigenvalue weighted by molar-refractivity contribution is -0.688. The van der Waals surface area contributed by atoms with Crippen molar-refractivity contribution in [1.82, 2.24) is 15.5 Å². The fraction of sp³-hybridized carbons (Fsp3) is 0.629. The molecule has 1 aromatic carbocycles. The number of nitrogens with one attached hydrogen (secondary N) is 2. The highest BCUT2D eigenvalue weighted by atomic mass is 16.6. The lowest BCUT2D eigenvalue weighted by Crippen LogP contribution is -2.49. The van der Waals surface area contributed by atoms with Gasteiger partial charge in [-0.1, -0.05) is 30.3 Å². The van der Waals surface area contributed by atoms with E-state index in [4.69, 9.17) is 4.74 Å². The number of amides is 3. The number of urea groups is 1. The van der Waals surface area contributed by atoms with Crippen LogP contribution in [0.4, 0.5) is 9.59 Å². The van der Waals surface area contributed by atoms with Gasteiger partial charge in [-0.15, -0.1) is 0 Å². The number of carbonyl (C=O) groups excluding carboxylic acids is 2. The first kappa shape index (κ1) is 30.4. The Hall–Kier alpha value is -3.09. The third-order valence-electron chi connectivity index (χ3n) is 9.50. The number of aryl methyl sites for hydroxylation is 1. The van der Waals surface area contributed by atoms with Gasteiger partial charge >= 0.3 is 12.1 Å². The molecule has 2 N–H and O–H groups in total. The van der Waals surface area contributed by atoms with Gasteiger partial charge in [-0.05, 0) is 107 Å². The Morgan fingerprint density at radius 1 is 0.881 bits per heavy atom. The van der Waals surface area contributed by atoms with E-state index in [0.29, 0.717) is 25.0 Å². The molecule has 0 unspecified atom stereocenters. The van der Waals surface area contributed by atoms with Crippen molar-refractivity contribution in [3.05, 3.63) is 66.0 Å². The second-order valence-corrected chi connectivity index (χ2v) is 14.3. The molecule has 4 aliphatic rings. The summed E-state index contributed by atoms with van der Waals surface area (Å²) in [7, 11) is 0. The topological polar surface area (TPSA) is 74.5 Å². The number of nitrogens with zero attached hydrogens (tertiary/aromatic N) is 2. The van der Waals surface area contributed by atoms with Crippen LogP contribution in [0.2, 0.25) is 0 Å². The molecule has 228 valence electrons. The number of ether oxygens (including phenoxy) is 1. The van der Waals surface area contributed by atoms with Gasteiger partial charge in [-0.3, -0.25) is 0 Å². The summed E-state index contributed by atoms with van der Waals surface area (Å²) in [5, 5.41) is 6.01. The zero-order valence-electron chi connectivity index (χ0n) is 25.9. The lowest BCUT2D eigenvalue weighted by Gasteiger charge is -2.57. The molecule has 3 amide bonds. The van der Waals surface area contributed by atoms with Gasteiger partial charge in [-0.25, -0.2) is 14.2 Å². The minimum absolute atomic E-state index is 0.0283. The van der Waals surface area contributed by atoms with Crippen molar-refractivity contribution < 1.29 is 18.9 Å². The molecule has 6 rings (SSSR count). The van der Waals surface area contributed by atoms with Crippen molar-refractivity contribution in [2.45, 2.75) is 90.7 Å². The number of hydrogen-bond acceptors (Lipinski definition) is 3. The first-order valence-corrected chi connectivity index (χ1v) is 16.2. The van der Waals surface area contributed by atoms with Crippen molar-refractivity contribution in [2.24, 2.45) is 23.2 Å². The molecule has 1 heterocycles. The number of alkyl carbamates (subject to hydrolysis) is 1. The van der Waals surface area contributed by atoms with Crippen molar-refractivity contribution in [1.29, 1.82) is 0 Å². The Morgan fingerprint density at radius 3 is 2.14 bits per heavy atom. The van der Waals surface area contributed by atoms with Gasteiger partial charge in [0.25, 0.3) is 0 Å². The maximum Gasteiger partial charge on any atom is 0.407 e. The first-order valence-electron chi connectivity index (χ1n) is 16.2. The van der Waals surface area contributed by atoms with E-state index in [9.17, 15) is 9.59 Å². The van der Waals surface area contributed by atoms with Crippen LogP contribution in [0.15, 0.2) is 54.9 Å². The third-order valence-corrected chi connectivity index (χ3v) is 9.50. The molecule has 0 saturated heterocycles. The smallest absolute Gasteiger partial charge is 0.407 e. The minimum Gasteiger partial charge on any atom is -0.444 e. The number of hydrogen-bond donors (Lipinski definition) is 2. The first-order chi connectivity index (χ1) is 20.1. The van der Waals surface area contributed by atoms with Gasteiger partial charge in [-0.2, -0.15) is 0 Å². The van der Waals surface area contributed by atoms with Gasteiger partial charge < -0.3 is 20.3 Å². The number of pyridine rings is 1. The lowest BCUT2D eigenvalue weighted by atomic mass is 9.49. The molecule has 0 aliphatic heterocycles. The van der Waals surface area contributed by atoms with Crippen LogP contribution in [0.5, 0.6) is 0 Å². The van der Waals surface area contributed by atoms with E-state index in [0.717, 1.165) is 50.1 Å². The van der Waals surface area contributed by atoms with Gasteiger partial charge in [0.15, 0.2) is 18.9 Å². The number of aromatic nitrogens is 1. The highest BCUT2D eigenvalue weighted by Crippen LogP contribution is 2.61. The summed E-state index contributed by atoms with van der Waals surface area (Å²) in [6.45, 7) is 8.67. The van der Waals surface area contributed by atoms with Gasteiger partial charge in [0.05, 0.1) is 0 Å². The molecule has 1 aromatic heterocycles. The van der Waals surface area contributed by atoms with Crippen LogP contribution in [0.1, 0.15) is 83.3 Å². The Labute approximate surface area is 252 Å². The Balaban J connectivity index is 1.09. The summed E-state index contributed by atoms with van der Waals surface area (Å²) in [4.78, 5) is 27.5. The Kier molecular flexibility index (Phi) is 9.74. The molecule has 7 nitrogen and oxygen atoms in total. The van der Waals surface area contributed by atoms with Crippen molar-refractivity contribution in [3.63, 3.8) is 0 Å². The van der Waals surface area contributed by atoms with E-state index in [2.05, 4.69) is 64.0 Å². The average molecular weight is 576 g/mol. The summed E-state index contributed by atoms with van der Waals surface area (Å²) in [6, 6.07) is 14.8. The number of carbonyl (C=O) groups is 2. The molecule has 0 radical (unpaired) electrons. The largest absolute Gasteiger partial charge is 0.444 e. The van der Waals surface area contributed by atoms with Crippen molar-refractivity contribution in [3.8, 4) is 0 Å². The van der Waals surface area contributed by atoms with Gasteiger partial charge in [0.1, 0.15) is 5.60 Å². The standard InChI is InChI=1S/C35H50N4O3/c1-34(2,3)42-33(41)37-15-19-39(18-13-35-23-29-20-30(24-35)22-31(21-29)25-35)32(40)36-14-7-10-27-11-16-38(17-12-27)26-28-8-5-4-6-9-28/h4-6,8-9,11-12,16-17,29-31H,7,10,13-15,18-26H2,1-3H3,(H-,36,37,40,41)/p+1. The van der Waals surface area contributed by atoms with Crippen LogP contribution in [-0.4, -0.2) is 48.8 Å². The van der Waals surface area contributed by atoms with Crippen molar-refractivity contribution in [2.75, 3.05) is 26.2 Å². The minimum atomic E-state index is -0.541. The molecule has 0 spiro atoms. The zero-order chi connectivity index (χ0) is 29.6. The van der Waals surface area contributed by atoms with Crippen LogP contribution in [0.25, 0.3) is 0 Å². The maximum atomic E-state index is 13.4. The van der Waals surface area contributed by atoms with E-state index in [1.807, 2.05) is 31.7 Å². The Bertz CT molecular complexity index is 1140. The molecule has 42 heavy (non-hydrogen) atoms. The number of benzene rings is 1. The van der Waals surface area contributed by atoms with Crippen LogP contribution < -0.4 is 15.2 Å². The average Bonchev–Trinajstić information content (AvgIpc) is 2.92. The van der Waals surface area contributed by atoms with Gasteiger partial charge in [0, 0.05) is 43.9 Å². The molecule has 4 fully saturated rings. The van der Waals surface area contributed by atoms with Crippen molar-refractivity contribution >= 4 is 12.1 Å². The fourth-order valence-corrected chi connectivity index (χ4v) is 8.04. The van der Waals surface area contributed by atoms with E-state index in [1.165, 1.54) is 49.7 Å². The van der Waals surface area contributed by atoms with Gasteiger partial charge in [0.2, 0.25) is 0 Å². The molecular formula is C35H51N4O3+. The molecule has 0 atom stereocenters. The monoisotopic (exact) mass is 575 g/mol. The summed E-state index contributed by atoms with van der Waals surface area (Å²) >= 11 is 0. The Morgan fingerprint density at radius 2 is 1.52 bits per heavy atom. The normalized spacial score (nSPS) is 24.3. The van der Waals surface area contributed by atoms with E-state index >= 15 is 0 Å². The second-order valence-electron chi connectivity index (χ2n) is 14.3. The molecule has 2 aromatic rings. The van der Waals surface area contributed by atoms with Crippen LogP contribution in [-0.2, 0) is 17.7 Å². The summed E-state index contributed by atoms with van der Waals surface area (Å²) in [5.41, 5.74) is 2.43. The predicted molar refractivity (Wildman–Crippen MR) is 165 cm³/mol. The van der Waals surface area contributed by atoms with E-state index in [1.54, 1.807) is 0 Å². The van der Waals surface area contributed by atoms with E-state index < -0.39 is 11.7 Å².